The number of nitrogens with zero attached hydrogens (tertiary/aromatic N) is 1. The minimum absolute atomic E-state index is 1.09. The zero-order chi connectivity index (χ0) is 36.9. The van der Waals surface area contributed by atoms with Gasteiger partial charge in [0.2, 0.25) is 0 Å². The molecule has 0 aliphatic heterocycles. The fourth-order valence-electron chi connectivity index (χ4n) is 8.57. The molecule has 0 unspecified atom stereocenters. The van der Waals surface area contributed by atoms with Crippen molar-refractivity contribution in [3.8, 4) is 50.2 Å². The van der Waals surface area contributed by atoms with Crippen molar-refractivity contribution in [3.05, 3.63) is 206 Å². The summed E-state index contributed by atoms with van der Waals surface area (Å²) >= 11 is 0. The molecule has 10 aromatic rings. The van der Waals surface area contributed by atoms with Crippen molar-refractivity contribution in [2.45, 2.75) is 6.92 Å². The van der Waals surface area contributed by atoms with Crippen molar-refractivity contribution < 1.29 is 0 Å². The third-order valence-electron chi connectivity index (χ3n) is 11.2. The van der Waals surface area contributed by atoms with Gasteiger partial charge in [-0.2, -0.15) is 0 Å². The van der Waals surface area contributed by atoms with Crippen LogP contribution in [0, 0.1) is 6.92 Å². The lowest BCUT2D eigenvalue weighted by Gasteiger charge is -2.18. The summed E-state index contributed by atoms with van der Waals surface area (Å²) in [4.78, 5) is 0. The van der Waals surface area contributed by atoms with Gasteiger partial charge in [-0.05, 0) is 132 Å². The monoisotopic (exact) mass is 702 g/mol. The minimum Gasteiger partial charge on any atom is -0.405 e. The van der Waals surface area contributed by atoms with E-state index in [1.54, 1.807) is 6.20 Å². The Kier molecular flexibility index (Phi) is 7.89. The molecule has 0 bridgehead atoms. The van der Waals surface area contributed by atoms with Gasteiger partial charge in [0.1, 0.15) is 0 Å². The minimum atomic E-state index is 1.09. The molecule has 0 atom stereocenters. The molecular formula is C53H38N2. The fourth-order valence-corrected chi connectivity index (χ4v) is 8.57. The van der Waals surface area contributed by atoms with Crippen LogP contribution < -0.4 is 5.73 Å². The Morgan fingerprint density at radius 2 is 0.891 bits per heavy atom. The highest BCUT2D eigenvalue weighted by molar-refractivity contribution is 6.21. The molecule has 9 aromatic carbocycles. The summed E-state index contributed by atoms with van der Waals surface area (Å²) in [6.45, 7) is 2.19. The first-order valence-electron chi connectivity index (χ1n) is 18.9. The Morgan fingerprint density at radius 3 is 1.55 bits per heavy atom. The average molecular weight is 703 g/mol. The molecule has 0 amide bonds. The molecule has 2 heteroatoms. The second-order valence-electron chi connectivity index (χ2n) is 14.3. The van der Waals surface area contributed by atoms with E-state index in [0.717, 1.165) is 16.9 Å². The number of aryl methyl sites for hydroxylation is 1. The fraction of sp³-hybridized carbons (Fsp3) is 0.0189. The van der Waals surface area contributed by atoms with E-state index < -0.39 is 0 Å². The summed E-state index contributed by atoms with van der Waals surface area (Å²) in [6.07, 6.45) is 3.65. The lowest BCUT2D eigenvalue weighted by Crippen LogP contribution is -1.97. The maximum atomic E-state index is 6.01. The van der Waals surface area contributed by atoms with Gasteiger partial charge < -0.3 is 10.3 Å². The van der Waals surface area contributed by atoms with Gasteiger partial charge in [0.15, 0.2) is 0 Å². The summed E-state index contributed by atoms with van der Waals surface area (Å²) in [7, 11) is 0. The summed E-state index contributed by atoms with van der Waals surface area (Å²) in [5.74, 6) is 0. The molecule has 0 radical (unpaired) electrons. The zero-order valence-corrected chi connectivity index (χ0v) is 30.6. The second kappa shape index (κ2) is 13.4. The molecule has 0 spiro atoms. The van der Waals surface area contributed by atoms with Crippen molar-refractivity contribution in [2.24, 2.45) is 5.73 Å². The van der Waals surface area contributed by atoms with Crippen LogP contribution >= 0.6 is 0 Å². The van der Waals surface area contributed by atoms with E-state index in [-0.39, 0.29) is 0 Å². The molecule has 0 aliphatic rings. The van der Waals surface area contributed by atoms with Crippen molar-refractivity contribution in [2.75, 3.05) is 0 Å². The van der Waals surface area contributed by atoms with Crippen LogP contribution in [0.2, 0.25) is 0 Å². The predicted molar refractivity (Wildman–Crippen MR) is 235 cm³/mol. The van der Waals surface area contributed by atoms with E-state index in [2.05, 4.69) is 200 Å². The first-order valence-corrected chi connectivity index (χ1v) is 18.9. The highest BCUT2D eigenvalue weighted by Crippen LogP contribution is 2.44. The Hall–Kier alpha value is -7.16. The molecule has 1 heterocycles. The molecule has 0 saturated heterocycles. The molecule has 10 rings (SSSR count). The Morgan fingerprint density at radius 1 is 0.400 bits per heavy atom. The normalized spacial score (nSPS) is 11.7. The first kappa shape index (κ1) is 32.5. The topological polar surface area (TPSA) is 30.9 Å². The third kappa shape index (κ3) is 5.50. The molecule has 55 heavy (non-hydrogen) atoms. The van der Waals surface area contributed by atoms with Crippen molar-refractivity contribution in [1.82, 2.24) is 4.57 Å². The Balaban J connectivity index is 1.06. The van der Waals surface area contributed by atoms with Gasteiger partial charge in [-0.1, -0.05) is 158 Å². The molecule has 0 saturated carbocycles. The summed E-state index contributed by atoms with van der Waals surface area (Å²) in [6, 6.07) is 68.4. The van der Waals surface area contributed by atoms with Crippen LogP contribution in [0.5, 0.6) is 0 Å². The molecule has 2 N–H and O–H groups in total. The standard InChI is InChI=1S/C53H38N2/c1-35-49-34-42(27-30-51(49)55(50(35)31-32-54)44-28-25-38(26-29-44)36-11-3-2-4-12-36)39-19-22-40(23-20-39)52-45-15-7-9-17-47(45)53(48-18-10-8-16-46(48)52)43-24-21-37-13-5-6-14-41(37)33-43/h2-34H,54H2,1H3/b32-31-. The van der Waals surface area contributed by atoms with E-state index in [0.29, 0.717) is 0 Å². The number of hydrogen-bond acceptors (Lipinski definition) is 1. The molecule has 2 nitrogen and oxygen atoms in total. The van der Waals surface area contributed by atoms with Gasteiger partial charge in [0, 0.05) is 11.1 Å². The van der Waals surface area contributed by atoms with Gasteiger partial charge in [-0.15, -0.1) is 0 Å². The van der Waals surface area contributed by atoms with E-state index in [4.69, 9.17) is 5.73 Å². The smallest absolute Gasteiger partial charge is 0.0538 e. The third-order valence-corrected chi connectivity index (χ3v) is 11.2. The van der Waals surface area contributed by atoms with Gasteiger partial charge in [0.25, 0.3) is 0 Å². The largest absolute Gasteiger partial charge is 0.405 e. The van der Waals surface area contributed by atoms with Crippen LogP contribution in [0.4, 0.5) is 0 Å². The van der Waals surface area contributed by atoms with E-state index >= 15 is 0 Å². The lowest BCUT2D eigenvalue weighted by molar-refractivity contribution is 1.10. The lowest BCUT2D eigenvalue weighted by atomic mass is 9.85. The predicted octanol–water partition coefficient (Wildman–Crippen LogP) is 14.0. The number of nitrogens with two attached hydrogens (primary N) is 1. The number of benzene rings is 9. The maximum absolute atomic E-state index is 6.01. The first-order chi connectivity index (χ1) is 27.2. The number of rotatable bonds is 6. The summed E-state index contributed by atoms with van der Waals surface area (Å²) in [5.41, 5.74) is 20.3. The second-order valence-corrected chi connectivity index (χ2v) is 14.3. The van der Waals surface area contributed by atoms with E-state index in [1.807, 2.05) is 6.08 Å². The molecular weight excluding hydrogens is 665 g/mol. The van der Waals surface area contributed by atoms with Crippen molar-refractivity contribution in [1.29, 1.82) is 0 Å². The van der Waals surface area contributed by atoms with Crippen LogP contribution in [0.3, 0.4) is 0 Å². The highest BCUT2D eigenvalue weighted by Gasteiger charge is 2.18. The van der Waals surface area contributed by atoms with Crippen LogP contribution in [-0.2, 0) is 0 Å². The number of aromatic nitrogens is 1. The van der Waals surface area contributed by atoms with Gasteiger partial charge >= 0.3 is 0 Å². The average Bonchev–Trinajstić information content (AvgIpc) is 3.52. The van der Waals surface area contributed by atoms with E-state index in [1.165, 1.54) is 87.8 Å². The molecule has 260 valence electrons. The summed E-state index contributed by atoms with van der Waals surface area (Å²) in [5, 5.41) is 8.76. The van der Waals surface area contributed by atoms with Gasteiger partial charge in [-0.25, -0.2) is 0 Å². The zero-order valence-electron chi connectivity index (χ0n) is 30.6. The summed E-state index contributed by atoms with van der Waals surface area (Å²) < 4.78 is 2.31. The van der Waals surface area contributed by atoms with Crippen LogP contribution in [0.25, 0.3) is 99.5 Å². The Bertz CT molecular complexity index is 3020. The van der Waals surface area contributed by atoms with Gasteiger partial charge in [0.05, 0.1) is 11.2 Å². The van der Waals surface area contributed by atoms with Crippen molar-refractivity contribution >= 4 is 49.3 Å². The molecule has 0 fully saturated rings. The van der Waals surface area contributed by atoms with E-state index in [9.17, 15) is 0 Å². The van der Waals surface area contributed by atoms with Gasteiger partial charge in [-0.3, -0.25) is 0 Å². The van der Waals surface area contributed by atoms with Crippen molar-refractivity contribution in [3.63, 3.8) is 0 Å². The van der Waals surface area contributed by atoms with Crippen LogP contribution in [0.15, 0.2) is 194 Å². The van der Waals surface area contributed by atoms with Crippen LogP contribution in [-0.4, -0.2) is 4.57 Å². The number of hydrogen-bond donors (Lipinski definition) is 1. The highest BCUT2D eigenvalue weighted by atomic mass is 15.0. The van der Waals surface area contributed by atoms with Crippen LogP contribution in [0.1, 0.15) is 11.3 Å². The number of fused-ring (bicyclic) bond motifs is 4. The molecule has 0 aliphatic carbocycles. The SMILES string of the molecule is Cc1c(/C=C\N)n(-c2ccc(-c3ccccc3)cc2)c2ccc(-c3ccc(-c4c5ccccc5c(-c5ccc6ccccc6c5)c5ccccc45)cc3)cc12. The molecule has 1 aromatic heterocycles. The quantitative estimate of drug-likeness (QED) is 0.172. The Labute approximate surface area is 321 Å². The maximum Gasteiger partial charge on any atom is 0.0538 e.